The monoisotopic (exact) mass is 418 g/mol. The van der Waals surface area contributed by atoms with Gasteiger partial charge in [0.2, 0.25) is 5.91 Å². The van der Waals surface area contributed by atoms with E-state index in [-0.39, 0.29) is 31.0 Å². The van der Waals surface area contributed by atoms with E-state index in [4.69, 9.17) is 25.8 Å². The van der Waals surface area contributed by atoms with Gasteiger partial charge in [-0.05, 0) is 55.3 Å². The van der Waals surface area contributed by atoms with Crippen LogP contribution >= 0.6 is 11.6 Å². The number of methoxy groups -OCH3 is 2. The topological polar surface area (TPSA) is 77.1 Å². The number of ether oxygens (including phenoxy) is 3. The molecule has 0 bridgehead atoms. The normalized spacial score (nSPS) is 14.0. The summed E-state index contributed by atoms with van der Waals surface area (Å²) >= 11 is 6.05. The summed E-state index contributed by atoms with van der Waals surface area (Å²) < 4.78 is 16.1. The first kappa shape index (κ1) is 20.8. The molecule has 7 nitrogen and oxygen atoms in total. The van der Waals surface area contributed by atoms with Gasteiger partial charge in [-0.25, -0.2) is 0 Å². The first-order chi connectivity index (χ1) is 13.8. The number of fused-ring (bicyclic) bond motifs is 1. The Morgan fingerprint density at radius 2 is 1.93 bits per heavy atom. The largest absolute Gasteiger partial charge is 0.493 e. The third kappa shape index (κ3) is 4.40. The molecule has 1 heterocycles. The van der Waals surface area contributed by atoms with Crippen LogP contribution in [0.2, 0.25) is 5.02 Å². The van der Waals surface area contributed by atoms with Crippen molar-refractivity contribution in [2.75, 3.05) is 32.3 Å². The Morgan fingerprint density at radius 1 is 1.24 bits per heavy atom. The Bertz CT molecular complexity index is 947. The van der Waals surface area contributed by atoms with E-state index >= 15 is 0 Å². The van der Waals surface area contributed by atoms with Gasteiger partial charge in [0.25, 0.3) is 5.91 Å². The number of nitrogens with one attached hydrogen (secondary N) is 1. The van der Waals surface area contributed by atoms with Crippen molar-refractivity contribution >= 4 is 29.1 Å². The van der Waals surface area contributed by atoms with E-state index in [1.165, 1.54) is 4.90 Å². The van der Waals surface area contributed by atoms with Gasteiger partial charge >= 0.3 is 0 Å². The summed E-state index contributed by atoms with van der Waals surface area (Å²) in [5.41, 5.74) is 2.33. The number of aryl methyl sites for hydroxylation is 1. The number of carbonyl (C=O) groups is 2. The molecular formula is C21H23ClN2O5. The number of carbonyl (C=O) groups excluding carboxylic acids is 2. The van der Waals surface area contributed by atoms with Crippen molar-refractivity contribution in [3.8, 4) is 17.2 Å². The van der Waals surface area contributed by atoms with Gasteiger partial charge in [0.15, 0.2) is 18.1 Å². The van der Waals surface area contributed by atoms with Crippen LogP contribution < -0.4 is 24.4 Å². The van der Waals surface area contributed by atoms with Crippen molar-refractivity contribution in [3.63, 3.8) is 0 Å². The molecule has 0 aliphatic carbocycles. The van der Waals surface area contributed by atoms with Gasteiger partial charge in [-0.1, -0.05) is 11.6 Å². The van der Waals surface area contributed by atoms with E-state index in [0.717, 1.165) is 11.1 Å². The molecule has 2 amide bonds. The maximum absolute atomic E-state index is 12.7. The summed E-state index contributed by atoms with van der Waals surface area (Å²) in [4.78, 5) is 26.4. The lowest BCUT2D eigenvalue weighted by Crippen LogP contribution is -2.45. The Labute approximate surface area is 174 Å². The van der Waals surface area contributed by atoms with E-state index in [1.54, 1.807) is 32.4 Å². The van der Waals surface area contributed by atoms with Crippen molar-refractivity contribution in [1.29, 1.82) is 0 Å². The van der Waals surface area contributed by atoms with Gasteiger partial charge < -0.3 is 19.5 Å². The summed E-state index contributed by atoms with van der Waals surface area (Å²) in [5.74, 6) is 1.13. The van der Waals surface area contributed by atoms with Gasteiger partial charge in [-0.3, -0.25) is 14.5 Å². The smallest absolute Gasteiger partial charge is 0.265 e. The van der Waals surface area contributed by atoms with Crippen LogP contribution in [0.15, 0.2) is 30.3 Å². The molecule has 0 spiro atoms. The molecular weight excluding hydrogens is 396 g/mol. The van der Waals surface area contributed by atoms with Gasteiger partial charge in [0.1, 0.15) is 12.3 Å². The Morgan fingerprint density at radius 3 is 2.62 bits per heavy atom. The minimum Gasteiger partial charge on any atom is -0.493 e. The molecule has 1 aliphatic rings. The predicted molar refractivity (Wildman–Crippen MR) is 110 cm³/mol. The molecule has 0 radical (unpaired) electrons. The fourth-order valence-electron chi connectivity index (χ4n) is 3.32. The second-order valence-corrected chi connectivity index (χ2v) is 7.17. The lowest BCUT2D eigenvalue weighted by molar-refractivity contribution is -0.125. The lowest BCUT2D eigenvalue weighted by atomic mass is 10.0. The standard InChI is InChI=1S/C21H23ClN2O5/c1-12-7-18(27-3)19(28-4)9-15(12)13(2)23-20(25)10-24-16-8-14(22)5-6-17(16)29-11-21(24)26/h5-9,13H,10-11H2,1-4H3,(H,23,25). The van der Waals surface area contributed by atoms with Crippen LogP contribution in [0.5, 0.6) is 17.2 Å². The van der Waals surface area contributed by atoms with Crippen molar-refractivity contribution in [2.45, 2.75) is 19.9 Å². The average Bonchev–Trinajstić information content (AvgIpc) is 2.69. The maximum atomic E-state index is 12.7. The quantitative estimate of drug-likeness (QED) is 0.779. The van der Waals surface area contributed by atoms with Crippen LogP contribution in [0.25, 0.3) is 0 Å². The summed E-state index contributed by atoms with van der Waals surface area (Å²) in [6, 6.07) is 8.39. The number of amides is 2. The molecule has 8 heteroatoms. The Kier molecular flexibility index (Phi) is 6.17. The molecule has 3 rings (SSSR count). The van der Waals surface area contributed by atoms with Gasteiger partial charge in [0.05, 0.1) is 25.9 Å². The van der Waals surface area contributed by atoms with Crippen molar-refractivity contribution < 1.29 is 23.8 Å². The average molecular weight is 419 g/mol. The number of halogens is 1. The zero-order valence-corrected chi connectivity index (χ0v) is 17.5. The molecule has 1 N–H and O–H groups in total. The number of anilines is 1. The minimum atomic E-state index is -0.301. The Balaban J connectivity index is 1.76. The highest BCUT2D eigenvalue weighted by Gasteiger charge is 2.28. The van der Waals surface area contributed by atoms with E-state index in [1.807, 2.05) is 26.0 Å². The van der Waals surface area contributed by atoms with Crippen LogP contribution in [0.4, 0.5) is 5.69 Å². The third-order valence-corrected chi connectivity index (χ3v) is 5.02. The zero-order chi connectivity index (χ0) is 21.1. The summed E-state index contributed by atoms with van der Waals surface area (Å²) in [5, 5.41) is 3.40. The van der Waals surface area contributed by atoms with Crippen LogP contribution in [0.1, 0.15) is 24.1 Å². The molecule has 0 saturated heterocycles. The summed E-state index contributed by atoms with van der Waals surface area (Å²) in [7, 11) is 3.14. The van der Waals surface area contributed by atoms with Gasteiger partial charge in [-0.15, -0.1) is 0 Å². The number of nitrogens with zero attached hydrogens (tertiary/aromatic N) is 1. The number of rotatable bonds is 6. The molecule has 1 atom stereocenters. The molecule has 0 fully saturated rings. The second-order valence-electron chi connectivity index (χ2n) is 6.73. The van der Waals surface area contributed by atoms with Crippen LogP contribution in [0, 0.1) is 6.92 Å². The first-order valence-corrected chi connectivity index (χ1v) is 9.46. The minimum absolute atomic E-state index is 0.119. The van der Waals surface area contributed by atoms with Gasteiger partial charge in [-0.2, -0.15) is 0 Å². The Hall–Kier alpha value is -2.93. The third-order valence-electron chi connectivity index (χ3n) is 4.78. The molecule has 2 aromatic rings. The molecule has 0 saturated carbocycles. The molecule has 0 aromatic heterocycles. The van der Waals surface area contributed by atoms with E-state index in [2.05, 4.69) is 5.32 Å². The van der Waals surface area contributed by atoms with Crippen LogP contribution in [-0.2, 0) is 9.59 Å². The maximum Gasteiger partial charge on any atom is 0.265 e. The highest BCUT2D eigenvalue weighted by Crippen LogP contribution is 2.35. The van der Waals surface area contributed by atoms with E-state index in [0.29, 0.717) is 28.0 Å². The highest BCUT2D eigenvalue weighted by molar-refractivity contribution is 6.31. The van der Waals surface area contributed by atoms with Crippen molar-refractivity contribution in [3.05, 3.63) is 46.5 Å². The van der Waals surface area contributed by atoms with Crippen LogP contribution in [-0.4, -0.2) is 39.2 Å². The zero-order valence-electron chi connectivity index (χ0n) is 16.7. The molecule has 29 heavy (non-hydrogen) atoms. The first-order valence-electron chi connectivity index (χ1n) is 9.08. The SMILES string of the molecule is COc1cc(C)c(C(C)NC(=O)CN2C(=O)COc3ccc(Cl)cc32)cc1OC. The molecule has 1 unspecified atom stereocenters. The highest BCUT2D eigenvalue weighted by atomic mass is 35.5. The molecule has 154 valence electrons. The predicted octanol–water partition coefficient (Wildman–Crippen LogP) is 3.27. The van der Waals surface area contributed by atoms with Crippen LogP contribution in [0.3, 0.4) is 0 Å². The number of benzene rings is 2. The number of hydrogen-bond acceptors (Lipinski definition) is 5. The van der Waals surface area contributed by atoms with Gasteiger partial charge in [0, 0.05) is 5.02 Å². The van der Waals surface area contributed by atoms with Crippen molar-refractivity contribution in [1.82, 2.24) is 5.32 Å². The van der Waals surface area contributed by atoms with Crippen molar-refractivity contribution in [2.24, 2.45) is 0 Å². The number of hydrogen-bond donors (Lipinski definition) is 1. The lowest BCUT2D eigenvalue weighted by Gasteiger charge is -2.29. The summed E-state index contributed by atoms with van der Waals surface area (Å²) in [6.07, 6.45) is 0. The van der Waals surface area contributed by atoms with E-state index in [9.17, 15) is 9.59 Å². The second kappa shape index (κ2) is 8.61. The molecule has 2 aromatic carbocycles. The summed E-state index contributed by atoms with van der Waals surface area (Å²) in [6.45, 7) is 3.56. The van der Waals surface area contributed by atoms with E-state index < -0.39 is 0 Å². The molecule has 1 aliphatic heterocycles. The fourth-order valence-corrected chi connectivity index (χ4v) is 3.49. The fraction of sp³-hybridized carbons (Fsp3) is 0.333.